The van der Waals surface area contributed by atoms with E-state index in [1.54, 1.807) is 24.3 Å². The average molecular weight is 395 g/mol. The van der Waals surface area contributed by atoms with Gasteiger partial charge in [-0.25, -0.2) is 0 Å². The number of rotatable bonds is 6. The van der Waals surface area contributed by atoms with E-state index in [0.29, 0.717) is 0 Å². The Kier molecular flexibility index (Phi) is 5.84. The molecule has 0 aliphatic carbocycles. The summed E-state index contributed by atoms with van der Waals surface area (Å²) in [6.45, 7) is -0.119. The fourth-order valence-corrected chi connectivity index (χ4v) is 2.62. The van der Waals surface area contributed by atoms with E-state index in [2.05, 4.69) is 4.74 Å². The molecule has 0 aromatic heterocycles. The van der Waals surface area contributed by atoms with Crippen molar-refractivity contribution in [2.75, 3.05) is 11.6 Å². The molecule has 9 heteroatoms. The van der Waals surface area contributed by atoms with E-state index in [1.807, 2.05) is 6.07 Å². The SMILES string of the molecule is O=C(CC1OCN(c2cccc(OC(F)(F)F)c2)C1=O)OCc1ccccc1. The van der Waals surface area contributed by atoms with Crippen molar-refractivity contribution in [3.8, 4) is 5.75 Å². The maximum Gasteiger partial charge on any atom is 0.573 e. The van der Waals surface area contributed by atoms with Crippen LogP contribution >= 0.6 is 0 Å². The van der Waals surface area contributed by atoms with Crippen molar-refractivity contribution in [1.29, 1.82) is 0 Å². The molecule has 1 saturated heterocycles. The van der Waals surface area contributed by atoms with Crippen molar-refractivity contribution >= 4 is 17.6 Å². The highest BCUT2D eigenvalue weighted by Crippen LogP contribution is 2.29. The third kappa shape index (κ3) is 5.23. The molecule has 1 amide bonds. The summed E-state index contributed by atoms with van der Waals surface area (Å²) >= 11 is 0. The molecule has 1 atom stereocenters. The lowest BCUT2D eigenvalue weighted by Crippen LogP contribution is -2.31. The normalized spacial score (nSPS) is 16.9. The van der Waals surface area contributed by atoms with Crippen LogP contribution in [0.3, 0.4) is 0 Å². The van der Waals surface area contributed by atoms with Gasteiger partial charge in [0.25, 0.3) is 5.91 Å². The van der Waals surface area contributed by atoms with E-state index in [4.69, 9.17) is 9.47 Å². The third-order valence-electron chi connectivity index (χ3n) is 3.90. The Bertz CT molecular complexity index is 841. The number of carbonyl (C=O) groups excluding carboxylic acids is 2. The van der Waals surface area contributed by atoms with Gasteiger partial charge in [0.15, 0.2) is 0 Å². The highest BCUT2D eigenvalue weighted by Gasteiger charge is 2.36. The largest absolute Gasteiger partial charge is 0.573 e. The summed E-state index contributed by atoms with van der Waals surface area (Å²) in [7, 11) is 0. The molecule has 0 spiro atoms. The number of anilines is 1. The molecule has 0 radical (unpaired) electrons. The molecular weight excluding hydrogens is 379 g/mol. The van der Waals surface area contributed by atoms with Gasteiger partial charge in [-0.15, -0.1) is 13.2 Å². The Morgan fingerprint density at radius 2 is 1.89 bits per heavy atom. The Morgan fingerprint density at radius 3 is 2.61 bits per heavy atom. The van der Waals surface area contributed by atoms with E-state index in [9.17, 15) is 22.8 Å². The number of halogens is 3. The van der Waals surface area contributed by atoms with Crippen LogP contribution in [0.25, 0.3) is 0 Å². The predicted molar refractivity (Wildman–Crippen MR) is 91.2 cm³/mol. The van der Waals surface area contributed by atoms with Gasteiger partial charge in [-0.05, 0) is 17.7 Å². The molecule has 1 aliphatic rings. The summed E-state index contributed by atoms with van der Waals surface area (Å²) < 4.78 is 51.3. The maximum atomic E-state index is 12.4. The zero-order valence-electron chi connectivity index (χ0n) is 14.5. The number of alkyl halides is 3. The van der Waals surface area contributed by atoms with Crippen LogP contribution in [0.5, 0.6) is 5.75 Å². The molecule has 2 aromatic carbocycles. The Morgan fingerprint density at radius 1 is 1.14 bits per heavy atom. The number of hydrogen-bond donors (Lipinski definition) is 0. The van der Waals surface area contributed by atoms with E-state index >= 15 is 0 Å². The Hall–Kier alpha value is -3.07. The van der Waals surface area contributed by atoms with Crippen molar-refractivity contribution < 1.29 is 37.0 Å². The van der Waals surface area contributed by atoms with Gasteiger partial charge < -0.3 is 14.2 Å². The van der Waals surface area contributed by atoms with Gasteiger partial charge in [0.05, 0.1) is 6.42 Å². The van der Waals surface area contributed by atoms with Crippen LogP contribution in [0.15, 0.2) is 54.6 Å². The summed E-state index contributed by atoms with van der Waals surface area (Å²) in [5.41, 5.74) is 0.976. The smallest absolute Gasteiger partial charge is 0.461 e. The second-order valence-electron chi connectivity index (χ2n) is 5.95. The lowest BCUT2D eigenvalue weighted by atomic mass is 10.2. The average Bonchev–Trinajstić information content (AvgIpc) is 3.00. The number of amides is 1. The molecule has 2 aromatic rings. The zero-order valence-corrected chi connectivity index (χ0v) is 14.5. The fourth-order valence-electron chi connectivity index (χ4n) is 2.62. The molecule has 1 heterocycles. The van der Waals surface area contributed by atoms with Crippen LogP contribution in [0, 0.1) is 0 Å². The van der Waals surface area contributed by atoms with Crippen LogP contribution in [-0.2, 0) is 25.7 Å². The summed E-state index contributed by atoms with van der Waals surface area (Å²) in [4.78, 5) is 25.5. The van der Waals surface area contributed by atoms with Gasteiger partial charge in [0.1, 0.15) is 25.2 Å². The molecule has 28 heavy (non-hydrogen) atoms. The minimum Gasteiger partial charge on any atom is -0.461 e. The van der Waals surface area contributed by atoms with Crippen LogP contribution in [0.1, 0.15) is 12.0 Å². The molecule has 0 saturated carbocycles. The number of carbonyl (C=O) groups is 2. The number of esters is 1. The molecule has 148 valence electrons. The highest BCUT2D eigenvalue weighted by molar-refractivity contribution is 5.99. The fraction of sp³-hybridized carbons (Fsp3) is 0.263. The van der Waals surface area contributed by atoms with Gasteiger partial charge in [-0.3, -0.25) is 14.5 Å². The molecule has 1 fully saturated rings. The summed E-state index contributed by atoms with van der Waals surface area (Å²) in [5, 5.41) is 0. The van der Waals surface area contributed by atoms with Crippen LogP contribution in [-0.4, -0.2) is 31.1 Å². The first-order chi connectivity index (χ1) is 13.3. The number of ether oxygens (including phenoxy) is 3. The number of benzene rings is 2. The first-order valence-corrected chi connectivity index (χ1v) is 8.30. The topological polar surface area (TPSA) is 65.1 Å². The van der Waals surface area contributed by atoms with Crippen LogP contribution in [0.2, 0.25) is 0 Å². The van der Waals surface area contributed by atoms with Gasteiger partial charge in [-0.2, -0.15) is 0 Å². The minimum absolute atomic E-state index is 0.0706. The van der Waals surface area contributed by atoms with Gasteiger partial charge >= 0.3 is 12.3 Å². The van der Waals surface area contributed by atoms with Crippen LogP contribution < -0.4 is 9.64 Å². The minimum atomic E-state index is -4.84. The first-order valence-electron chi connectivity index (χ1n) is 8.30. The predicted octanol–water partition coefficient (Wildman–Crippen LogP) is 3.41. The van der Waals surface area contributed by atoms with E-state index in [0.717, 1.165) is 22.6 Å². The summed E-state index contributed by atoms with van der Waals surface area (Å²) in [5.74, 6) is -1.61. The molecule has 0 N–H and O–H groups in total. The van der Waals surface area contributed by atoms with Gasteiger partial charge in [-0.1, -0.05) is 36.4 Å². The number of nitrogens with zero attached hydrogens (tertiary/aromatic N) is 1. The molecule has 0 bridgehead atoms. The van der Waals surface area contributed by atoms with E-state index < -0.39 is 30.1 Å². The van der Waals surface area contributed by atoms with Crippen molar-refractivity contribution in [2.45, 2.75) is 25.5 Å². The zero-order chi connectivity index (χ0) is 20.1. The Labute approximate surface area is 158 Å². The summed E-state index contributed by atoms with van der Waals surface area (Å²) in [6, 6.07) is 14.0. The lowest BCUT2D eigenvalue weighted by molar-refractivity contribution is -0.274. The van der Waals surface area contributed by atoms with Crippen molar-refractivity contribution in [3.05, 3.63) is 60.2 Å². The Balaban J connectivity index is 1.57. The van der Waals surface area contributed by atoms with E-state index in [1.165, 1.54) is 12.1 Å². The molecule has 1 aliphatic heterocycles. The van der Waals surface area contributed by atoms with Crippen molar-refractivity contribution in [3.63, 3.8) is 0 Å². The molecule has 6 nitrogen and oxygen atoms in total. The summed E-state index contributed by atoms with van der Waals surface area (Å²) in [6.07, 6.45) is -6.19. The van der Waals surface area contributed by atoms with Gasteiger partial charge in [0, 0.05) is 11.8 Å². The van der Waals surface area contributed by atoms with Crippen molar-refractivity contribution in [2.24, 2.45) is 0 Å². The van der Waals surface area contributed by atoms with E-state index in [-0.39, 0.29) is 25.4 Å². The van der Waals surface area contributed by atoms with Crippen molar-refractivity contribution in [1.82, 2.24) is 0 Å². The maximum absolute atomic E-state index is 12.4. The first kappa shape index (κ1) is 19.7. The monoisotopic (exact) mass is 395 g/mol. The molecule has 3 rings (SSSR count). The molecular formula is C19H16F3NO5. The second kappa shape index (κ2) is 8.30. The third-order valence-corrected chi connectivity index (χ3v) is 3.90. The van der Waals surface area contributed by atoms with Crippen LogP contribution in [0.4, 0.5) is 18.9 Å². The standard InChI is InChI=1S/C19H16F3NO5/c20-19(21,22)28-15-8-4-7-14(9-15)23-12-27-16(18(23)25)10-17(24)26-11-13-5-2-1-3-6-13/h1-9,16H,10-12H2. The second-order valence-corrected chi connectivity index (χ2v) is 5.95. The van der Waals surface area contributed by atoms with Gasteiger partial charge in [0.2, 0.25) is 0 Å². The number of hydrogen-bond acceptors (Lipinski definition) is 5. The highest BCUT2D eigenvalue weighted by atomic mass is 19.4. The quantitative estimate of drug-likeness (QED) is 0.702. The molecule has 1 unspecified atom stereocenters. The lowest BCUT2D eigenvalue weighted by Gasteiger charge is -2.16.